The number of amides is 3. The van der Waals surface area contributed by atoms with Crippen molar-refractivity contribution in [2.45, 2.75) is 25.8 Å². The number of carbonyl (C=O) groups excluding carboxylic acids is 3. The predicted octanol–water partition coefficient (Wildman–Crippen LogP) is 4.06. The van der Waals surface area contributed by atoms with Crippen LogP contribution in [0, 0.1) is 0 Å². The van der Waals surface area contributed by atoms with E-state index in [4.69, 9.17) is 0 Å². The number of hydrogen-bond donors (Lipinski definition) is 1. The lowest BCUT2D eigenvalue weighted by molar-refractivity contribution is -0.134. The van der Waals surface area contributed by atoms with Gasteiger partial charge in [0.1, 0.15) is 6.04 Å². The van der Waals surface area contributed by atoms with E-state index < -0.39 is 6.04 Å². The molecule has 206 valence electrons. The molecule has 1 atom stereocenters. The first-order chi connectivity index (χ1) is 18.9. The van der Waals surface area contributed by atoms with Gasteiger partial charge in [-0.3, -0.25) is 9.59 Å². The standard InChI is InChI=1S/C31H38N4O3S/c1-24(36)39-21-20-35(15-14-25-8-4-3-5-9-25)31(38)32-29(30(37)34-18-16-33(2)17-19-34)23-26-12-13-27-10-6-7-11-28(27)22-26/h3-13,22,29H,14-21,23H2,1-2H3,(H,32,38)/t29-/m0/s1. The molecule has 7 nitrogen and oxygen atoms in total. The molecule has 0 aliphatic carbocycles. The number of rotatable bonds is 10. The van der Waals surface area contributed by atoms with Gasteiger partial charge in [-0.15, -0.1) is 0 Å². The number of urea groups is 1. The smallest absolute Gasteiger partial charge is 0.318 e. The molecule has 0 unspecified atom stereocenters. The Morgan fingerprint density at radius 1 is 0.872 bits per heavy atom. The summed E-state index contributed by atoms with van der Waals surface area (Å²) in [5, 5.41) is 5.36. The summed E-state index contributed by atoms with van der Waals surface area (Å²) in [4.78, 5) is 44.7. The van der Waals surface area contributed by atoms with Crippen molar-refractivity contribution >= 4 is 39.6 Å². The average Bonchev–Trinajstić information content (AvgIpc) is 2.94. The van der Waals surface area contributed by atoms with Crippen LogP contribution in [0.3, 0.4) is 0 Å². The topological polar surface area (TPSA) is 73.0 Å². The van der Waals surface area contributed by atoms with Crippen LogP contribution in [0.5, 0.6) is 0 Å². The molecule has 1 N–H and O–H groups in total. The Kier molecular flexibility index (Phi) is 10.4. The van der Waals surface area contributed by atoms with Crippen molar-refractivity contribution in [3.05, 3.63) is 83.9 Å². The van der Waals surface area contributed by atoms with Crippen molar-refractivity contribution in [1.29, 1.82) is 0 Å². The third-order valence-electron chi connectivity index (χ3n) is 7.13. The summed E-state index contributed by atoms with van der Waals surface area (Å²) in [5.41, 5.74) is 2.14. The van der Waals surface area contributed by atoms with Crippen molar-refractivity contribution in [1.82, 2.24) is 20.0 Å². The van der Waals surface area contributed by atoms with Crippen LogP contribution in [0.15, 0.2) is 72.8 Å². The molecule has 8 heteroatoms. The first-order valence-electron chi connectivity index (χ1n) is 13.6. The molecule has 1 fully saturated rings. The maximum Gasteiger partial charge on any atom is 0.318 e. The maximum absolute atomic E-state index is 13.7. The zero-order chi connectivity index (χ0) is 27.6. The number of piperazine rings is 1. The Balaban J connectivity index is 1.52. The van der Waals surface area contributed by atoms with E-state index in [0.717, 1.165) is 35.0 Å². The number of thioether (sulfide) groups is 1. The zero-order valence-electron chi connectivity index (χ0n) is 22.8. The number of fused-ring (bicyclic) bond motifs is 1. The molecular weight excluding hydrogens is 508 g/mol. The van der Waals surface area contributed by atoms with E-state index in [2.05, 4.69) is 41.5 Å². The largest absolute Gasteiger partial charge is 0.338 e. The van der Waals surface area contributed by atoms with Gasteiger partial charge in [0.15, 0.2) is 5.12 Å². The summed E-state index contributed by atoms with van der Waals surface area (Å²) in [6, 6.07) is 23.4. The van der Waals surface area contributed by atoms with E-state index in [9.17, 15) is 14.4 Å². The lowest BCUT2D eigenvalue weighted by atomic mass is 10.0. The molecular formula is C31H38N4O3S. The SMILES string of the molecule is CC(=O)SCCN(CCc1ccccc1)C(=O)N[C@@H](Cc1ccc2ccccc2c1)C(=O)N1CCN(C)CC1. The number of benzene rings is 3. The Morgan fingerprint density at radius 2 is 1.56 bits per heavy atom. The van der Waals surface area contributed by atoms with Crippen LogP contribution in [-0.2, 0) is 22.4 Å². The minimum Gasteiger partial charge on any atom is -0.338 e. The number of likely N-dealkylation sites (N-methyl/N-ethyl adjacent to an activating group) is 1. The molecule has 4 rings (SSSR count). The van der Waals surface area contributed by atoms with Gasteiger partial charge in [-0.1, -0.05) is 84.6 Å². The first kappa shape index (κ1) is 28.6. The summed E-state index contributed by atoms with van der Waals surface area (Å²) in [7, 11) is 2.06. The van der Waals surface area contributed by atoms with E-state index in [0.29, 0.717) is 44.8 Å². The Morgan fingerprint density at radius 3 is 2.28 bits per heavy atom. The molecule has 1 aliphatic heterocycles. The van der Waals surface area contributed by atoms with Crippen LogP contribution in [0.2, 0.25) is 0 Å². The van der Waals surface area contributed by atoms with E-state index in [-0.39, 0.29) is 17.1 Å². The van der Waals surface area contributed by atoms with Crippen molar-refractivity contribution in [3.63, 3.8) is 0 Å². The molecule has 0 bridgehead atoms. The average molecular weight is 547 g/mol. The fraction of sp³-hybridized carbons (Fsp3) is 0.387. The van der Waals surface area contributed by atoms with Gasteiger partial charge < -0.3 is 20.0 Å². The molecule has 0 spiro atoms. The molecule has 3 aromatic carbocycles. The van der Waals surface area contributed by atoms with Crippen molar-refractivity contribution < 1.29 is 14.4 Å². The fourth-order valence-electron chi connectivity index (χ4n) is 4.81. The van der Waals surface area contributed by atoms with Gasteiger partial charge in [0.05, 0.1) is 0 Å². The maximum atomic E-state index is 13.7. The first-order valence-corrected chi connectivity index (χ1v) is 14.6. The molecule has 0 saturated carbocycles. The van der Waals surface area contributed by atoms with Crippen LogP contribution < -0.4 is 5.32 Å². The van der Waals surface area contributed by atoms with E-state index in [1.807, 2.05) is 53.4 Å². The summed E-state index contributed by atoms with van der Waals surface area (Å²) >= 11 is 1.21. The van der Waals surface area contributed by atoms with Gasteiger partial charge in [-0.05, 0) is 35.4 Å². The molecule has 1 heterocycles. The molecule has 3 amide bonds. The van der Waals surface area contributed by atoms with Gasteiger partial charge in [0.25, 0.3) is 0 Å². The van der Waals surface area contributed by atoms with Crippen LogP contribution in [-0.4, -0.2) is 89.9 Å². The van der Waals surface area contributed by atoms with E-state index in [1.165, 1.54) is 18.7 Å². The molecule has 1 saturated heterocycles. The minimum absolute atomic E-state index is 0.0258. The molecule has 1 aliphatic rings. The number of nitrogens with one attached hydrogen (secondary N) is 1. The van der Waals surface area contributed by atoms with E-state index >= 15 is 0 Å². The molecule has 3 aromatic rings. The van der Waals surface area contributed by atoms with Crippen LogP contribution in [0.1, 0.15) is 18.1 Å². The quantitative estimate of drug-likeness (QED) is 0.415. The summed E-state index contributed by atoms with van der Waals surface area (Å²) in [5.74, 6) is 0.463. The Labute approximate surface area is 235 Å². The van der Waals surface area contributed by atoms with Gasteiger partial charge >= 0.3 is 6.03 Å². The minimum atomic E-state index is -0.679. The third kappa shape index (κ3) is 8.57. The highest BCUT2D eigenvalue weighted by Gasteiger charge is 2.29. The highest BCUT2D eigenvalue weighted by molar-refractivity contribution is 8.13. The van der Waals surface area contributed by atoms with Gasteiger partial charge in [-0.25, -0.2) is 4.79 Å². The fourth-order valence-corrected chi connectivity index (χ4v) is 5.41. The second kappa shape index (κ2) is 14.1. The van der Waals surface area contributed by atoms with Crippen LogP contribution >= 0.6 is 11.8 Å². The van der Waals surface area contributed by atoms with Gasteiger partial charge in [-0.2, -0.15) is 0 Å². The normalized spacial score (nSPS) is 14.7. The Hall–Kier alpha value is -3.36. The number of nitrogens with zero attached hydrogens (tertiary/aromatic N) is 3. The molecule has 0 radical (unpaired) electrons. The third-order valence-corrected chi connectivity index (χ3v) is 7.92. The summed E-state index contributed by atoms with van der Waals surface area (Å²) in [6.07, 6.45) is 1.11. The van der Waals surface area contributed by atoms with Gasteiger partial charge in [0.2, 0.25) is 5.91 Å². The zero-order valence-corrected chi connectivity index (χ0v) is 23.7. The monoisotopic (exact) mass is 546 g/mol. The second-order valence-corrected chi connectivity index (χ2v) is 11.4. The predicted molar refractivity (Wildman–Crippen MR) is 159 cm³/mol. The highest BCUT2D eigenvalue weighted by atomic mass is 32.2. The van der Waals surface area contributed by atoms with Crippen molar-refractivity contribution in [3.8, 4) is 0 Å². The Bertz CT molecular complexity index is 1260. The molecule has 0 aromatic heterocycles. The lowest BCUT2D eigenvalue weighted by Crippen LogP contribution is -2.57. The van der Waals surface area contributed by atoms with E-state index in [1.54, 1.807) is 4.90 Å². The highest BCUT2D eigenvalue weighted by Crippen LogP contribution is 2.18. The summed E-state index contributed by atoms with van der Waals surface area (Å²) < 4.78 is 0. The lowest BCUT2D eigenvalue weighted by Gasteiger charge is -2.35. The second-order valence-electron chi connectivity index (χ2n) is 10.1. The van der Waals surface area contributed by atoms with Crippen molar-refractivity contribution in [2.75, 3.05) is 52.1 Å². The summed E-state index contributed by atoms with van der Waals surface area (Å²) in [6.45, 7) is 5.38. The van der Waals surface area contributed by atoms with Gasteiger partial charge in [0, 0.05) is 58.4 Å². The number of carbonyl (C=O) groups is 3. The van der Waals surface area contributed by atoms with Crippen LogP contribution in [0.25, 0.3) is 10.8 Å². The molecule has 39 heavy (non-hydrogen) atoms. The van der Waals surface area contributed by atoms with Crippen LogP contribution in [0.4, 0.5) is 4.79 Å². The van der Waals surface area contributed by atoms with Crippen molar-refractivity contribution in [2.24, 2.45) is 0 Å². The number of hydrogen-bond acceptors (Lipinski definition) is 5.